The maximum absolute atomic E-state index is 6.29. The van der Waals surface area contributed by atoms with Gasteiger partial charge in [-0.2, -0.15) is 4.52 Å². The molecule has 14 heteroatoms. The molecule has 0 atom stereocenters. The van der Waals surface area contributed by atoms with Gasteiger partial charge in [0.15, 0.2) is 34.5 Å². The highest BCUT2D eigenvalue weighted by molar-refractivity contribution is 7.22. The van der Waals surface area contributed by atoms with Crippen LogP contribution in [-0.2, 0) is 0 Å². The topological polar surface area (TPSA) is 183 Å². The third kappa shape index (κ3) is 3.70. The molecule has 2 aromatic carbocycles. The lowest BCUT2D eigenvalue weighted by Crippen LogP contribution is -2.04. The summed E-state index contributed by atoms with van der Waals surface area (Å²) in [5.41, 5.74) is 22.0. The maximum Gasteiger partial charge on any atom is 0.231 e. The Balaban J connectivity index is 1.36. The van der Waals surface area contributed by atoms with E-state index in [4.69, 9.17) is 17.2 Å². The third-order valence-corrected chi connectivity index (χ3v) is 6.91. The van der Waals surface area contributed by atoms with Crippen LogP contribution in [0.1, 0.15) is 5.56 Å². The highest BCUT2D eigenvalue weighted by atomic mass is 32.1. The molecule has 0 aliphatic rings. The number of nitrogens with two attached hydrogens (primary N) is 3. The highest BCUT2D eigenvalue weighted by Gasteiger charge is 2.19. The number of thiazole rings is 2. The lowest BCUT2D eigenvalue weighted by atomic mass is 10.2. The predicted molar refractivity (Wildman–Crippen MR) is 139 cm³/mol. The van der Waals surface area contributed by atoms with Gasteiger partial charge in [0.1, 0.15) is 0 Å². The summed E-state index contributed by atoms with van der Waals surface area (Å²) in [4.78, 5) is 13.2. The molecular weight excluding hydrogens is 484 g/mol. The molecule has 172 valence electrons. The quantitative estimate of drug-likeness (QED) is 0.254. The van der Waals surface area contributed by atoms with Gasteiger partial charge in [-0.3, -0.25) is 0 Å². The Kier molecular flexibility index (Phi) is 4.82. The number of aryl methyl sites for hydroxylation is 1. The average molecular weight is 501 g/mol. The van der Waals surface area contributed by atoms with Crippen molar-refractivity contribution in [3.8, 4) is 0 Å². The summed E-state index contributed by atoms with van der Waals surface area (Å²) in [6.45, 7) is 2.02. The van der Waals surface area contributed by atoms with Gasteiger partial charge in [-0.05, 0) is 36.8 Å². The Labute approximate surface area is 204 Å². The van der Waals surface area contributed by atoms with Crippen LogP contribution in [-0.4, -0.2) is 24.6 Å². The molecular formula is C21H16N12S2. The van der Waals surface area contributed by atoms with E-state index in [0.29, 0.717) is 10.3 Å². The lowest BCUT2D eigenvalue weighted by Gasteiger charge is -2.04. The molecule has 0 fully saturated rings. The van der Waals surface area contributed by atoms with Crippen LogP contribution in [0, 0.1) is 6.92 Å². The molecule has 0 spiro atoms. The van der Waals surface area contributed by atoms with Crippen molar-refractivity contribution >= 4 is 87.8 Å². The number of benzene rings is 2. The molecule has 12 nitrogen and oxygen atoms in total. The Hall–Kier alpha value is -4.56. The number of hydrogen-bond donors (Lipinski definition) is 3. The van der Waals surface area contributed by atoms with Crippen LogP contribution in [0.15, 0.2) is 62.9 Å². The fourth-order valence-electron chi connectivity index (χ4n) is 3.43. The van der Waals surface area contributed by atoms with Gasteiger partial charge in [-0.15, -0.1) is 25.6 Å². The molecule has 0 aliphatic carbocycles. The summed E-state index contributed by atoms with van der Waals surface area (Å²) in [7, 11) is 0. The second-order valence-electron chi connectivity index (χ2n) is 7.53. The van der Waals surface area contributed by atoms with Crippen molar-refractivity contribution in [1.82, 2.24) is 24.6 Å². The molecule has 0 saturated heterocycles. The van der Waals surface area contributed by atoms with E-state index in [-0.39, 0.29) is 34.5 Å². The van der Waals surface area contributed by atoms with Crippen LogP contribution in [0.4, 0.5) is 39.1 Å². The Bertz CT molecular complexity index is 1780. The average Bonchev–Trinajstić information content (AvgIpc) is 3.52. The minimum Gasteiger partial charge on any atom is -0.382 e. The zero-order valence-corrected chi connectivity index (χ0v) is 19.7. The van der Waals surface area contributed by atoms with Gasteiger partial charge >= 0.3 is 0 Å². The minimum atomic E-state index is 0.0482. The fourth-order valence-corrected chi connectivity index (χ4v) is 5.11. The van der Waals surface area contributed by atoms with Crippen LogP contribution >= 0.6 is 22.7 Å². The number of para-hydroxylation sites is 1. The smallest absolute Gasteiger partial charge is 0.231 e. The van der Waals surface area contributed by atoms with Gasteiger partial charge in [0, 0.05) is 0 Å². The van der Waals surface area contributed by atoms with Crippen molar-refractivity contribution in [3.63, 3.8) is 0 Å². The van der Waals surface area contributed by atoms with Crippen LogP contribution in [0.25, 0.3) is 26.1 Å². The van der Waals surface area contributed by atoms with E-state index in [1.54, 1.807) is 0 Å². The number of nitrogen functional groups attached to an aromatic ring is 3. The third-order valence-electron chi connectivity index (χ3n) is 5.09. The van der Waals surface area contributed by atoms with Crippen molar-refractivity contribution in [3.05, 3.63) is 48.0 Å². The first-order valence-electron chi connectivity index (χ1n) is 10.3. The molecule has 0 amide bonds. The second-order valence-corrected chi connectivity index (χ2v) is 9.55. The van der Waals surface area contributed by atoms with Gasteiger partial charge in [0.2, 0.25) is 10.3 Å². The summed E-state index contributed by atoms with van der Waals surface area (Å²) in [6, 6.07) is 13.7. The molecule has 4 aromatic heterocycles. The summed E-state index contributed by atoms with van der Waals surface area (Å²) in [6.07, 6.45) is 0. The molecule has 6 N–H and O–H groups in total. The zero-order valence-electron chi connectivity index (χ0n) is 18.1. The standard InChI is InChI=1S/C21H16N12S2/c1-9-6-7-11-13(8-9)35-21(26-11)30-28-14-16(22)27-19-15(17(23)32-33(19)18(14)24)29-31-20-25-10-4-2-3-5-12(10)34-20/h2-8H,24H2,1H3,(H2,22,27)(H2,23,32). The lowest BCUT2D eigenvalue weighted by molar-refractivity contribution is 0.955. The number of rotatable bonds is 4. The van der Waals surface area contributed by atoms with Gasteiger partial charge in [-0.25, -0.2) is 15.0 Å². The largest absolute Gasteiger partial charge is 0.382 e. The van der Waals surface area contributed by atoms with Crippen LogP contribution in [0.5, 0.6) is 0 Å². The first-order valence-corrected chi connectivity index (χ1v) is 11.9. The van der Waals surface area contributed by atoms with Gasteiger partial charge < -0.3 is 17.2 Å². The summed E-state index contributed by atoms with van der Waals surface area (Å²) < 4.78 is 3.32. The number of azo groups is 2. The summed E-state index contributed by atoms with van der Waals surface area (Å²) in [5, 5.41) is 22.0. The predicted octanol–water partition coefficient (Wildman–Crippen LogP) is 5.83. The maximum atomic E-state index is 6.29. The van der Waals surface area contributed by atoms with Gasteiger partial charge in [0.05, 0.1) is 20.4 Å². The van der Waals surface area contributed by atoms with Crippen molar-refractivity contribution in [2.75, 3.05) is 17.2 Å². The highest BCUT2D eigenvalue weighted by Crippen LogP contribution is 2.38. The van der Waals surface area contributed by atoms with Crippen molar-refractivity contribution < 1.29 is 0 Å². The molecule has 0 saturated carbocycles. The van der Waals surface area contributed by atoms with Gasteiger partial charge in [-0.1, -0.05) is 40.9 Å². The normalized spacial score (nSPS) is 12.3. The number of hydrogen-bond acceptors (Lipinski definition) is 13. The van der Waals surface area contributed by atoms with Crippen molar-refractivity contribution in [2.24, 2.45) is 20.5 Å². The van der Waals surface area contributed by atoms with E-state index in [2.05, 4.69) is 40.5 Å². The number of aromatic nitrogens is 5. The fraction of sp³-hybridized carbons (Fsp3) is 0.0476. The molecule has 0 aliphatic heterocycles. The van der Waals surface area contributed by atoms with E-state index in [1.165, 1.54) is 27.2 Å². The van der Waals surface area contributed by atoms with Crippen LogP contribution < -0.4 is 17.2 Å². The van der Waals surface area contributed by atoms with E-state index in [0.717, 1.165) is 26.0 Å². The van der Waals surface area contributed by atoms with E-state index in [9.17, 15) is 0 Å². The monoisotopic (exact) mass is 500 g/mol. The Morgan fingerprint density at radius 2 is 1.43 bits per heavy atom. The number of fused-ring (bicyclic) bond motifs is 3. The molecule has 4 heterocycles. The van der Waals surface area contributed by atoms with E-state index in [1.807, 2.05) is 49.4 Å². The number of anilines is 3. The van der Waals surface area contributed by atoms with Crippen LogP contribution in [0.3, 0.4) is 0 Å². The van der Waals surface area contributed by atoms with Crippen molar-refractivity contribution in [1.29, 1.82) is 0 Å². The Morgan fingerprint density at radius 3 is 2.20 bits per heavy atom. The molecule has 6 rings (SSSR count). The van der Waals surface area contributed by atoms with Gasteiger partial charge in [0.25, 0.3) is 0 Å². The molecule has 0 bridgehead atoms. The molecule has 35 heavy (non-hydrogen) atoms. The number of nitrogens with zero attached hydrogens (tertiary/aromatic N) is 9. The van der Waals surface area contributed by atoms with Crippen molar-refractivity contribution in [2.45, 2.75) is 6.92 Å². The SMILES string of the molecule is Cc1ccc2nc(N=Nc3c(N)nc4c(N=Nc5nc6ccccc6s5)c(N)nn4c3N)sc2c1. The minimum absolute atomic E-state index is 0.0482. The molecule has 0 unspecified atom stereocenters. The zero-order chi connectivity index (χ0) is 24.1. The Morgan fingerprint density at radius 1 is 0.743 bits per heavy atom. The van der Waals surface area contributed by atoms with Crippen LogP contribution in [0.2, 0.25) is 0 Å². The summed E-state index contributed by atoms with van der Waals surface area (Å²) >= 11 is 2.81. The van der Waals surface area contributed by atoms with E-state index < -0.39 is 0 Å². The second kappa shape index (κ2) is 8.03. The molecule has 0 radical (unpaired) electrons. The molecule has 6 aromatic rings. The summed E-state index contributed by atoms with van der Waals surface area (Å²) in [5.74, 6) is 0.248. The first-order chi connectivity index (χ1) is 17.0. The van der Waals surface area contributed by atoms with E-state index >= 15 is 0 Å². The first kappa shape index (κ1) is 21.0.